The first-order valence-corrected chi connectivity index (χ1v) is 6.24. The van der Waals surface area contributed by atoms with Crippen molar-refractivity contribution in [1.29, 1.82) is 0 Å². The number of nitrogen functional groups attached to an aromatic ring is 1. The SMILES string of the molecule is C=CCCOCCNc1ncnc2ccc(N)cc12. The van der Waals surface area contributed by atoms with Gasteiger partial charge in [-0.1, -0.05) is 6.08 Å². The monoisotopic (exact) mass is 258 g/mol. The summed E-state index contributed by atoms with van der Waals surface area (Å²) in [6, 6.07) is 5.59. The molecule has 0 aliphatic heterocycles. The summed E-state index contributed by atoms with van der Waals surface area (Å²) in [6.07, 6.45) is 4.25. The van der Waals surface area contributed by atoms with E-state index >= 15 is 0 Å². The third-order valence-corrected chi connectivity index (χ3v) is 2.66. The Hall–Kier alpha value is -2.14. The number of fused-ring (bicyclic) bond motifs is 1. The molecule has 1 aromatic carbocycles. The number of hydrogen-bond acceptors (Lipinski definition) is 5. The van der Waals surface area contributed by atoms with E-state index in [-0.39, 0.29) is 0 Å². The lowest BCUT2D eigenvalue weighted by Crippen LogP contribution is -2.11. The molecule has 0 atom stereocenters. The van der Waals surface area contributed by atoms with Crippen molar-refractivity contribution in [3.63, 3.8) is 0 Å². The fourth-order valence-corrected chi connectivity index (χ4v) is 1.73. The van der Waals surface area contributed by atoms with Crippen LogP contribution in [0.4, 0.5) is 11.5 Å². The smallest absolute Gasteiger partial charge is 0.137 e. The largest absolute Gasteiger partial charge is 0.399 e. The number of hydrogen-bond donors (Lipinski definition) is 2. The highest BCUT2D eigenvalue weighted by molar-refractivity contribution is 5.91. The molecule has 0 aliphatic carbocycles. The fourth-order valence-electron chi connectivity index (χ4n) is 1.73. The highest BCUT2D eigenvalue weighted by Gasteiger charge is 2.03. The fraction of sp³-hybridized carbons (Fsp3) is 0.286. The summed E-state index contributed by atoms with van der Waals surface area (Å²) in [5, 5.41) is 4.16. The van der Waals surface area contributed by atoms with E-state index in [1.165, 1.54) is 0 Å². The van der Waals surface area contributed by atoms with Crippen LogP contribution < -0.4 is 11.1 Å². The van der Waals surface area contributed by atoms with Gasteiger partial charge in [0.2, 0.25) is 0 Å². The van der Waals surface area contributed by atoms with Crippen LogP contribution in [-0.4, -0.2) is 29.7 Å². The van der Waals surface area contributed by atoms with Crippen LogP contribution in [0, 0.1) is 0 Å². The van der Waals surface area contributed by atoms with Crippen molar-refractivity contribution in [3.05, 3.63) is 37.2 Å². The number of nitrogens with two attached hydrogens (primary N) is 1. The summed E-state index contributed by atoms with van der Waals surface area (Å²) < 4.78 is 5.43. The van der Waals surface area contributed by atoms with Gasteiger partial charge in [-0.3, -0.25) is 0 Å². The molecule has 3 N–H and O–H groups in total. The average molecular weight is 258 g/mol. The summed E-state index contributed by atoms with van der Waals surface area (Å²) in [5.41, 5.74) is 7.36. The first-order valence-electron chi connectivity index (χ1n) is 6.24. The molecule has 5 heteroatoms. The minimum atomic E-state index is 0.627. The molecule has 1 aromatic heterocycles. The lowest BCUT2D eigenvalue weighted by atomic mass is 10.2. The normalized spacial score (nSPS) is 10.5. The molecular formula is C14H18N4O. The molecule has 2 rings (SSSR count). The van der Waals surface area contributed by atoms with Gasteiger partial charge in [-0.25, -0.2) is 9.97 Å². The lowest BCUT2D eigenvalue weighted by Gasteiger charge is -2.08. The number of nitrogens with zero attached hydrogens (tertiary/aromatic N) is 2. The molecule has 0 saturated carbocycles. The third kappa shape index (κ3) is 3.66. The summed E-state index contributed by atoms with van der Waals surface area (Å²) in [4.78, 5) is 8.44. The van der Waals surface area contributed by atoms with Crippen molar-refractivity contribution in [3.8, 4) is 0 Å². The molecule has 0 fully saturated rings. The maximum Gasteiger partial charge on any atom is 0.137 e. The van der Waals surface area contributed by atoms with E-state index in [4.69, 9.17) is 10.5 Å². The molecule has 0 spiro atoms. The Morgan fingerprint density at radius 3 is 3.05 bits per heavy atom. The second-order valence-corrected chi connectivity index (χ2v) is 4.12. The molecule has 0 bridgehead atoms. The second-order valence-electron chi connectivity index (χ2n) is 4.12. The summed E-state index contributed by atoms with van der Waals surface area (Å²) in [6.45, 7) is 5.66. The van der Waals surface area contributed by atoms with Crippen LogP contribution >= 0.6 is 0 Å². The van der Waals surface area contributed by atoms with Crippen molar-refractivity contribution in [2.24, 2.45) is 0 Å². The molecule has 0 radical (unpaired) electrons. The number of rotatable bonds is 7. The van der Waals surface area contributed by atoms with Crippen LogP contribution in [-0.2, 0) is 4.74 Å². The third-order valence-electron chi connectivity index (χ3n) is 2.66. The lowest BCUT2D eigenvalue weighted by molar-refractivity contribution is 0.149. The molecule has 1 heterocycles. The van der Waals surface area contributed by atoms with Crippen LogP contribution in [0.15, 0.2) is 37.2 Å². The van der Waals surface area contributed by atoms with E-state index in [0.717, 1.165) is 23.1 Å². The Bertz CT molecular complexity index is 556. The predicted molar refractivity (Wildman–Crippen MR) is 78.1 cm³/mol. The van der Waals surface area contributed by atoms with E-state index in [9.17, 15) is 0 Å². The molecule has 100 valence electrons. The maximum absolute atomic E-state index is 5.79. The summed E-state index contributed by atoms with van der Waals surface area (Å²) in [5.74, 6) is 0.782. The zero-order chi connectivity index (χ0) is 13.5. The van der Waals surface area contributed by atoms with Crippen LogP contribution in [0.5, 0.6) is 0 Å². The molecule has 2 aromatic rings. The van der Waals surface area contributed by atoms with Crippen molar-refractivity contribution >= 4 is 22.4 Å². The molecular weight excluding hydrogens is 240 g/mol. The highest BCUT2D eigenvalue weighted by Crippen LogP contribution is 2.21. The predicted octanol–water partition coefficient (Wildman–Crippen LogP) is 2.22. The van der Waals surface area contributed by atoms with E-state index < -0.39 is 0 Å². The number of aromatic nitrogens is 2. The van der Waals surface area contributed by atoms with Gasteiger partial charge in [-0.05, 0) is 24.6 Å². The van der Waals surface area contributed by atoms with Gasteiger partial charge in [0.15, 0.2) is 0 Å². The van der Waals surface area contributed by atoms with E-state index in [1.54, 1.807) is 6.33 Å². The van der Waals surface area contributed by atoms with Gasteiger partial charge in [-0.2, -0.15) is 0 Å². The van der Waals surface area contributed by atoms with Gasteiger partial charge in [0, 0.05) is 17.6 Å². The van der Waals surface area contributed by atoms with Crippen molar-refractivity contribution in [2.75, 3.05) is 30.8 Å². The Morgan fingerprint density at radius 2 is 2.21 bits per heavy atom. The van der Waals surface area contributed by atoms with E-state index in [0.29, 0.717) is 25.4 Å². The molecule has 0 aliphatic rings. The molecule has 0 amide bonds. The molecule has 5 nitrogen and oxygen atoms in total. The zero-order valence-electron chi connectivity index (χ0n) is 10.8. The average Bonchev–Trinajstić information content (AvgIpc) is 2.43. The van der Waals surface area contributed by atoms with Crippen molar-refractivity contribution < 1.29 is 4.74 Å². The first kappa shape index (κ1) is 13.3. The first-order chi connectivity index (χ1) is 9.31. The van der Waals surface area contributed by atoms with Gasteiger partial charge in [-0.15, -0.1) is 6.58 Å². The quantitative estimate of drug-likeness (QED) is 0.452. The minimum absolute atomic E-state index is 0.627. The van der Waals surface area contributed by atoms with Crippen LogP contribution in [0.3, 0.4) is 0 Å². The van der Waals surface area contributed by atoms with E-state index in [1.807, 2.05) is 24.3 Å². The maximum atomic E-state index is 5.79. The standard InChI is InChI=1S/C14H18N4O/c1-2-3-7-19-8-6-16-14-12-9-11(15)4-5-13(12)17-10-18-14/h2,4-5,9-10H,1,3,6-8,15H2,(H,16,17,18). The van der Waals surface area contributed by atoms with Crippen molar-refractivity contribution in [1.82, 2.24) is 9.97 Å². The van der Waals surface area contributed by atoms with Crippen LogP contribution in [0.25, 0.3) is 10.9 Å². The minimum Gasteiger partial charge on any atom is -0.399 e. The van der Waals surface area contributed by atoms with Gasteiger partial charge in [0.05, 0.1) is 18.7 Å². The number of anilines is 2. The van der Waals surface area contributed by atoms with Crippen LogP contribution in [0.1, 0.15) is 6.42 Å². The molecule has 19 heavy (non-hydrogen) atoms. The van der Waals surface area contributed by atoms with Gasteiger partial charge in [0.1, 0.15) is 12.1 Å². The Labute approximate surface area is 112 Å². The number of nitrogens with one attached hydrogen (secondary N) is 1. The van der Waals surface area contributed by atoms with Crippen LogP contribution in [0.2, 0.25) is 0 Å². The molecule has 0 saturated heterocycles. The zero-order valence-corrected chi connectivity index (χ0v) is 10.8. The van der Waals surface area contributed by atoms with Gasteiger partial charge < -0.3 is 15.8 Å². The van der Waals surface area contributed by atoms with Crippen molar-refractivity contribution in [2.45, 2.75) is 6.42 Å². The number of ether oxygens (including phenoxy) is 1. The van der Waals surface area contributed by atoms with E-state index in [2.05, 4.69) is 21.9 Å². The summed E-state index contributed by atoms with van der Waals surface area (Å²) >= 11 is 0. The Morgan fingerprint density at radius 1 is 1.32 bits per heavy atom. The topological polar surface area (TPSA) is 73.1 Å². The number of benzene rings is 1. The van der Waals surface area contributed by atoms with Gasteiger partial charge >= 0.3 is 0 Å². The molecule has 0 unspecified atom stereocenters. The van der Waals surface area contributed by atoms with Gasteiger partial charge in [0.25, 0.3) is 0 Å². The Balaban J connectivity index is 1.96. The second kappa shape index (κ2) is 6.70. The Kier molecular flexibility index (Phi) is 4.69. The highest BCUT2D eigenvalue weighted by atomic mass is 16.5. The summed E-state index contributed by atoms with van der Waals surface area (Å²) in [7, 11) is 0.